The molecule has 25 heavy (non-hydrogen) atoms. The van der Waals surface area contributed by atoms with Gasteiger partial charge in [0.05, 0.1) is 12.1 Å². The van der Waals surface area contributed by atoms with Gasteiger partial charge in [-0.05, 0) is 33.6 Å². The normalized spacial score (nSPS) is 11.3. The molecule has 0 atom stereocenters. The summed E-state index contributed by atoms with van der Waals surface area (Å²) in [5.74, 6) is -0.823. The van der Waals surface area contributed by atoms with E-state index in [9.17, 15) is 9.59 Å². The highest BCUT2D eigenvalue weighted by Crippen LogP contribution is 2.07. The zero-order valence-electron chi connectivity index (χ0n) is 15.5. The number of carboxylic acid groups (broad SMARTS) is 1. The summed E-state index contributed by atoms with van der Waals surface area (Å²) in [6.07, 6.45) is 7.11. The molecule has 0 aliphatic rings. The number of carbonyl (C=O) groups is 2. The Bertz CT molecular complexity index is 537. The number of amides is 1. The van der Waals surface area contributed by atoms with Crippen LogP contribution in [-0.4, -0.2) is 44.3 Å². The van der Waals surface area contributed by atoms with E-state index < -0.39 is 11.6 Å². The molecule has 0 saturated heterocycles. The van der Waals surface area contributed by atoms with Gasteiger partial charge in [0.25, 0.3) is 0 Å². The summed E-state index contributed by atoms with van der Waals surface area (Å²) in [5, 5.41) is 19.4. The van der Waals surface area contributed by atoms with Crippen LogP contribution in [0.4, 0.5) is 4.79 Å². The second-order valence-corrected chi connectivity index (χ2v) is 7.06. The fourth-order valence-corrected chi connectivity index (χ4v) is 2.23. The zero-order valence-corrected chi connectivity index (χ0v) is 15.5. The first-order valence-corrected chi connectivity index (χ1v) is 8.84. The van der Waals surface area contributed by atoms with Crippen LogP contribution in [0, 0.1) is 0 Å². The largest absolute Gasteiger partial charge is 0.481 e. The van der Waals surface area contributed by atoms with Crippen molar-refractivity contribution in [1.82, 2.24) is 20.3 Å². The third-order valence-corrected chi connectivity index (χ3v) is 3.41. The number of aryl methyl sites for hydroxylation is 2. The van der Waals surface area contributed by atoms with E-state index in [4.69, 9.17) is 9.84 Å². The first kappa shape index (κ1) is 20.9. The maximum atomic E-state index is 11.5. The Morgan fingerprint density at radius 2 is 1.88 bits per heavy atom. The van der Waals surface area contributed by atoms with E-state index in [-0.39, 0.29) is 12.5 Å². The molecule has 0 fully saturated rings. The van der Waals surface area contributed by atoms with E-state index in [1.54, 1.807) is 4.68 Å². The number of aromatic nitrogens is 3. The standard InChI is InChI=1S/C17H30N4O4/c1-17(2,3)25-16(24)18-11-7-5-4-6-8-12-21-13-14(19-20-21)9-10-15(22)23/h13H,4-12H2,1-3H3,(H,18,24)(H,22,23). The zero-order chi connectivity index (χ0) is 18.7. The molecule has 0 aliphatic carbocycles. The van der Waals surface area contributed by atoms with Crippen molar-refractivity contribution in [1.29, 1.82) is 0 Å². The van der Waals surface area contributed by atoms with E-state index in [2.05, 4.69) is 15.6 Å². The van der Waals surface area contributed by atoms with Gasteiger partial charge in [0.1, 0.15) is 5.60 Å². The van der Waals surface area contributed by atoms with Crippen molar-refractivity contribution in [2.75, 3.05) is 6.54 Å². The molecule has 0 radical (unpaired) electrons. The minimum atomic E-state index is -0.823. The molecule has 142 valence electrons. The summed E-state index contributed by atoms with van der Waals surface area (Å²) < 4.78 is 6.93. The molecule has 0 saturated carbocycles. The number of rotatable bonds is 11. The number of ether oxygens (including phenoxy) is 1. The van der Waals surface area contributed by atoms with Gasteiger partial charge in [-0.2, -0.15) is 0 Å². The minimum absolute atomic E-state index is 0.0794. The first-order valence-electron chi connectivity index (χ1n) is 8.84. The van der Waals surface area contributed by atoms with Crippen LogP contribution in [-0.2, 0) is 22.5 Å². The van der Waals surface area contributed by atoms with E-state index >= 15 is 0 Å². The molecule has 0 unspecified atom stereocenters. The number of nitrogens with zero attached hydrogens (tertiary/aromatic N) is 3. The number of unbranched alkanes of at least 4 members (excludes halogenated alkanes) is 4. The van der Waals surface area contributed by atoms with Crippen LogP contribution < -0.4 is 5.32 Å². The van der Waals surface area contributed by atoms with Gasteiger partial charge in [0.15, 0.2) is 0 Å². The van der Waals surface area contributed by atoms with E-state index in [1.165, 1.54) is 0 Å². The lowest BCUT2D eigenvalue weighted by atomic mass is 10.1. The molecule has 8 nitrogen and oxygen atoms in total. The molecule has 0 aliphatic heterocycles. The second kappa shape index (κ2) is 10.7. The lowest BCUT2D eigenvalue weighted by Gasteiger charge is -2.19. The maximum absolute atomic E-state index is 11.5. The van der Waals surface area contributed by atoms with Crippen LogP contribution in [0.2, 0.25) is 0 Å². The number of aliphatic carboxylic acids is 1. The maximum Gasteiger partial charge on any atom is 0.407 e. The van der Waals surface area contributed by atoms with E-state index in [0.717, 1.165) is 44.3 Å². The van der Waals surface area contributed by atoms with Crippen molar-refractivity contribution in [2.45, 2.75) is 77.9 Å². The summed E-state index contributed by atoms with van der Waals surface area (Å²) in [4.78, 5) is 22.0. The van der Waals surface area contributed by atoms with Crippen LogP contribution in [0.15, 0.2) is 6.20 Å². The minimum Gasteiger partial charge on any atom is -0.481 e. The molecule has 1 aromatic rings. The number of nitrogens with one attached hydrogen (secondary N) is 1. The number of carbonyl (C=O) groups excluding carboxylic acids is 1. The predicted octanol–water partition coefficient (Wildman–Crippen LogP) is 2.77. The molecular formula is C17H30N4O4. The highest BCUT2D eigenvalue weighted by molar-refractivity contribution is 5.67. The fourth-order valence-electron chi connectivity index (χ4n) is 2.23. The van der Waals surface area contributed by atoms with Gasteiger partial charge in [0.2, 0.25) is 0 Å². The molecule has 2 N–H and O–H groups in total. The van der Waals surface area contributed by atoms with Crippen molar-refractivity contribution < 1.29 is 19.4 Å². The molecular weight excluding hydrogens is 324 g/mol. The lowest BCUT2D eigenvalue weighted by Crippen LogP contribution is -2.32. The van der Waals surface area contributed by atoms with Crippen molar-refractivity contribution in [3.63, 3.8) is 0 Å². The quantitative estimate of drug-likeness (QED) is 0.592. The summed E-state index contributed by atoms with van der Waals surface area (Å²) in [6.45, 7) is 6.95. The van der Waals surface area contributed by atoms with Gasteiger partial charge in [0, 0.05) is 25.7 Å². The van der Waals surface area contributed by atoms with Gasteiger partial charge in [-0.25, -0.2) is 4.79 Å². The van der Waals surface area contributed by atoms with Crippen LogP contribution in [0.5, 0.6) is 0 Å². The lowest BCUT2D eigenvalue weighted by molar-refractivity contribution is -0.136. The van der Waals surface area contributed by atoms with Gasteiger partial charge < -0.3 is 15.2 Å². The Morgan fingerprint density at radius 1 is 1.20 bits per heavy atom. The second-order valence-electron chi connectivity index (χ2n) is 7.06. The fraction of sp³-hybridized carbons (Fsp3) is 0.765. The van der Waals surface area contributed by atoms with Crippen molar-refractivity contribution >= 4 is 12.1 Å². The first-order chi connectivity index (χ1) is 11.8. The van der Waals surface area contributed by atoms with Crippen molar-refractivity contribution in [3.05, 3.63) is 11.9 Å². The van der Waals surface area contributed by atoms with Crippen LogP contribution in [0.1, 0.15) is 65.0 Å². The highest BCUT2D eigenvalue weighted by atomic mass is 16.6. The van der Waals surface area contributed by atoms with Gasteiger partial charge in [-0.15, -0.1) is 5.10 Å². The van der Waals surface area contributed by atoms with Gasteiger partial charge in [-0.3, -0.25) is 9.48 Å². The molecule has 0 bridgehead atoms. The highest BCUT2D eigenvalue weighted by Gasteiger charge is 2.15. The summed E-state index contributed by atoms with van der Waals surface area (Å²) >= 11 is 0. The number of alkyl carbamates (subject to hydrolysis) is 1. The monoisotopic (exact) mass is 354 g/mol. The number of hydrogen-bond donors (Lipinski definition) is 2. The SMILES string of the molecule is CC(C)(C)OC(=O)NCCCCCCCn1cc(CCC(=O)O)nn1. The molecule has 0 spiro atoms. The average molecular weight is 354 g/mol. The van der Waals surface area contributed by atoms with E-state index in [1.807, 2.05) is 27.0 Å². The molecule has 1 amide bonds. The van der Waals surface area contributed by atoms with Gasteiger partial charge in [-0.1, -0.05) is 24.5 Å². The summed E-state index contributed by atoms with van der Waals surface area (Å²) in [5.41, 5.74) is 0.259. The molecule has 1 rings (SSSR count). The Kier molecular flexibility index (Phi) is 8.94. The topological polar surface area (TPSA) is 106 Å². The van der Waals surface area contributed by atoms with E-state index in [0.29, 0.717) is 13.0 Å². The summed E-state index contributed by atoms with van der Waals surface area (Å²) in [6, 6.07) is 0. The van der Waals surface area contributed by atoms with Crippen molar-refractivity contribution in [3.8, 4) is 0 Å². The Balaban J connectivity index is 2.00. The predicted molar refractivity (Wildman–Crippen MR) is 93.3 cm³/mol. The Labute approximate surface area is 148 Å². The average Bonchev–Trinajstić information content (AvgIpc) is 2.94. The van der Waals surface area contributed by atoms with Crippen molar-refractivity contribution in [2.24, 2.45) is 0 Å². The van der Waals surface area contributed by atoms with Crippen LogP contribution >= 0.6 is 0 Å². The third-order valence-electron chi connectivity index (χ3n) is 3.41. The molecule has 1 heterocycles. The Hall–Kier alpha value is -2.12. The number of hydrogen-bond acceptors (Lipinski definition) is 5. The number of carboxylic acids is 1. The third kappa shape index (κ3) is 11.1. The molecule has 1 aromatic heterocycles. The van der Waals surface area contributed by atoms with Crippen LogP contribution in [0.3, 0.4) is 0 Å². The Morgan fingerprint density at radius 3 is 2.56 bits per heavy atom. The summed E-state index contributed by atoms with van der Waals surface area (Å²) in [7, 11) is 0. The molecule has 0 aromatic carbocycles. The smallest absolute Gasteiger partial charge is 0.407 e. The van der Waals surface area contributed by atoms with Gasteiger partial charge >= 0.3 is 12.1 Å². The van der Waals surface area contributed by atoms with Crippen LogP contribution in [0.25, 0.3) is 0 Å². The molecule has 8 heteroatoms.